The Hall–Kier alpha value is -2.16. The summed E-state index contributed by atoms with van der Waals surface area (Å²) >= 11 is 0. The molecule has 0 saturated heterocycles. The molecule has 2 aromatic carbocycles. The molecule has 21 heavy (non-hydrogen) atoms. The number of hydrogen-bond donors (Lipinski definition) is 1. The van der Waals surface area contributed by atoms with Crippen LogP contribution in [0.3, 0.4) is 0 Å². The van der Waals surface area contributed by atoms with E-state index in [0.717, 1.165) is 30.1 Å². The SMILES string of the molecule is CCCCN(Cc1ccc(N)cc1OC)c1ccccc1. The number of methoxy groups -OCH3 is 1. The van der Waals surface area contributed by atoms with Gasteiger partial charge in [-0.3, -0.25) is 0 Å². The first-order valence-electron chi connectivity index (χ1n) is 7.47. The summed E-state index contributed by atoms with van der Waals surface area (Å²) in [5, 5.41) is 0. The lowest BCUT2D eigenvalue weighted by atomic mass is 10.1. The van der Waals surface area contributed by atoms with Gasteiger partial charge in [-0.05, 0) is 24.6 Å². The summed E-state index contributed by atoms with van der Waals surface area (Å²) in [6.45, 7) is 4.08. The van der Waals surface area contributed by atoms with Crippen molar-refractivity contribution in [3.8, 4) is 5.75 Å². The lowest BCUT2D eigenvalue weighted by Crippen LogP contribution is -2.24. The fourth-order valence-corrected chi connectivity index (χ4v) is 2.38. The Kier molecular flexibility index (Phi) is 5.50. The van der Waals surface area contributed by atoms with E-state index in [0.29, 0.717) is 0 Å². The first-order valence-corrected chi connectivity index (χ1v) is 7.47. The number of anilines is 2. The van der Waals surface area contributed by atoms with Gasteiger partial charge in [0, 0.05) is 36.1 Å². The van der Waals surface area contributed by atoms with Gasteiger partial charge in [-0.15, -0.1) is 0 Å². The molecule has 2 rings (SSSR count). The molecular formula is C18H24N2O. The molecule has 0 atom stereocenters. The Balaban J connectivity index is 2.22. The van der Waals surface area contributed by atoms with Gasteiger partial charge >= 0.3 is 0 Å². The monoisotopic (exact) mass is 284 g/mol. The van der Waals surface area contributed by atoms with Crippen molar-refractivity contribution < 1.29 is 4.74 Å². The van der Waals surface area contributed by atoms with Crippen LogP contribution < -0.4 is 15.4 Å². The zero-order chi connectivity index (χ0) is 15.1. The normalized spacial score (nSPS) is 10.4. The van der Waals surface area contributed by atoms with Crippen LogP contribution in [0.25, 0.3) is 0 Å². The molecule has 0 bridgehead atoms. The molecule has 0 unspecified atom stereocenters. The molecule has 0 saturated carbocycles. The van der Waals surface area contributed by atoms with Crippen molar-refractivity contribution in [2.75, 3.05) is 24.3 Å². The average Bonchev–Trinajstić information content (AvgIpc) is 2.53. The third-order valence-electron chi connectivity index (χ3n) is 3.58. The van der Waals surface area contributed by atoms with E-state index in [1.54, 1.807) is 7.11 Å². The summed E-state index contributed by atoms with van der Waals surface area (Å²) in [4.78, 5) is 2.39. The summed E-state index contributed by atoms with van der Waals surface area (Å²) < 4.78 is 5.46. The standard InChI is InChI=1S/C18H24N2O/c1-3-4-12-20(17-8-6-5-7-9-17)14-15-10-11-16(19)13-18(15)21-2/h5-11,13H,3-4,12,14,19H2,1-2H3. The second-order valence-corrected chi connectivity index (χ2v) is 5.18. The van der Waals surface area contributed by atoms with Crippen LogP contribution in [0.15, 0.2) is 48.5 Å². The summed E-state index contributed by atoms with van der Waals surface area (Å²) in [6.07, 6.45) is 2.36. The predicted molar refractivity (Wildman–Crippen MR) is 89.8 cm³/mol. The molecule has 2 aromatic rings. The Bertz CT molecular complexity index is 554. The van der Waals surface area contributed by atoms with Gasteiger partial charge in [0.15, 0.2) is 0 Å². The molecule has 0 amide bonds. The smallest absolute Gasteiger partial charge is 0.125 e. The maximum Gasteiger partial charge on any atom is 0.125 e. The highest BCUT2D eigenvalue weighted by molar-refractivity contribution is 5.52. The molecule has 0 spiro atoms. The minimum atomic E-state index is 0.732. The molecule has 0 aliphatic heterocycles. The number of nitrogens with zero attached hydrogens (tertiary/aromatic N) is 1. The van der Waals surface area contributed by atoms with Crippen LogP contribution in [0.4, 0.5) is 11.4 Å². The zero-order valence-corrected chi connectivity index (χ0v) is 12.9. The minimum Gasteiger partial charge on any atom is -0.496 e. The summed E-state index contributed by atoms with van der Waals surface area (Å²) in [6, 6.07) is 16.4. The van der Waals surface area contributed by atoms with Crippen LogP contribution in [-0.4, -0.2) is 13.7 Å². The summed E-state index contributed by atoms with van der Waals surface area (Å²) in [7, 11) is 1.69. The molecule has 2 N–H and O–H groups in total. The quantitative estimate of drug-likeness (QED) is 0.778. The van der Waals surface area contributed by atoms with Gasteiger partial charge < -0.3 is 15.4 Å². The van der Waals surface area contributed by atoms with E-state index >= 15 is 0 Å². The molecule has 0 heterocycles. The van der Waals surface area contributed by atoms with Crippen molar-refractivity contribution in [1.82, 2.24) is 0 Å². The molecule has 0 aromatic heterocycles. The number of nitrogens with two attached hydrogens (primary N) is 1. The van der Waals surface area contributed by atoms with E-state index in [9.17, 15) is 0 Å². The Morgan fingerprint density at radius 2 is 1.86 bits per heavy atom. The fraction of sp³-hybridized carbons (Fsp3) is 0.333. The summed E-state index contributed by atoms with van der Waals surface area (Å²) in [5.41, 5.74) is 8.96. The number of benzene rings is 2. The maximum absolute atomic E-state index is 5.83. The van der Waals surface area contributed by atoms with Crippen molar-refractivity contribution in [3.63, 3.8) is 0 Å². The van der Waals surface area contributed by atoms with E-state index in [-0.39, 0.29) is 0 Å². The highest BCUT2D eigenvalue weighted by Crippen LogP contribution is 2.25. The number of rotatable bonds is 7. The minimum absolute atomic E-state index is 0.732. The van der Waals surface area contributed by atoms with Crippen LogP contribution in [0.1, 0.15) is 25.3 Å². The number of nitrogen functional groups attached to an aromatic ring is 1. The first-order chi connectivity index (χ1) is 10.2. The lowest BCUT2D eigenvalue weighted by Gasteiger charge is -2.26. The lowest BCUT2D eigenvalue weighted by molar-refractivity contribution is 0.409. The molecule has 3 nitrogen and oxygen atoms in total. The van der Waals surface area contributed by atoms with Gasteiger partial charge in [0.1, 0.15) is 5.75 Å². The first kappa shape index (κ1) is 15.2. The third kappa shape index (κ3) is 4.15. The van der Waals surface area contributed by atoms with Crippen LogP contribution >= 0.6 is 0 Å². The van der Waals surface area contributed by atoms with Crippen LogP contribution in [0.5, 0.6) is 5.75 Å². The van der Waals surface area contributed by atoms with Gasteiger partial charge in [0.2, 0.25) is 0 Å². The van der Waals surface area contributed by atoms with E-state index in [4.69, 9.17) is 10.5 Å². The second-order valence-electron chi connectivity index (χ2n) is 5.18. The van der Waals surface area contributed by atoms with Crippen LogP contribution in [-0.2, 0) is 6.54 Å². The molecule has 3 heteroatoms. The van der Waals surface area contributed by atoms with Crippen LogP contribution in [0.2, 0.25) is 0 Å². The van der Waals surface area contributed by atoms with Gasteiger partial charge in [-0.25, -0.2) is 0 Å². The summed E-state index contributed by atoms with van der Waals surface area (Å²) in [5.74, 6) is 0.854. The van der Waals surface area contributed by atoms with Gasteiger partial charge in [0.05, 0.1) is 7.11 Å². The Morgan fingerprint density at radius 1 is 1.10 bits per heavy atom. The molecule has 0 aliphatic carbocycles. The van der Waals surface area contributed by atoms with Gasteiger partial charge in [0.25, 0.3) is 0 Å². The second kappa shape index (κ2) is 7.58. The van der Waals surface area contributed by atoms with Crippen molar-refractivity contribution in [3.05, 3.63) is 54.1 Å². The molecule has 112 valence electrons. The van der Waals surface area contributed by atoms with E-state index < -0.39 is 0 Å². The topological polar surface area (TPSA) is 38.5 Å². The predicted octanol–water partition coefficient (Wildman–Crippen LogP) is 4.08. The van der Waals surface area contributed by atoms with Crippen molar-refractivity contribution in [2.24, 2.45) is 0 Å². The molecule has 0 radical (unpaired) electrons. The van der Waals surface area contributed by atoms with Crippen molar-refractivity contribution >= 4 is 11.4 Å². The van der Waals surface area contributed by atoms with E-state index in [2.05, 4.69) is 42.2 Å². The Morgan fingerprint density at radius 3 is 2.52 bits per heavy atom. The van der Waals surface area contributed by atoms with E-state index in [1.165, 1.54) is 18.5 Å². The number of unbranched alkanes of at least 4 members (excludes halogenated alkanes) is 1. The third-order valence-corrected chi connectivity index (χ3v) is 3.58. The largest absolute Gasteiger partial charge is 0.496 e. The molecule has 0 fully saturated rings. The van der Waals surface area contributed by atoms with Gasteiger partial charge in [-0.2, -0.15) is 0 Å². The maximum atomic E-state index is 5.83. The number of para-hydroxylation sites is 1. The number of hydrogen-bond acceptors (Lipinski definition) is 3. The Labute approximate surface area is 127 Å². The highest BCUT2D eigenvalue weighted by atomic mass is 16.5. The van der Waals surface area contributed by atoms with Gasteiger partial charge in [-0.1, -0.05) is 37.6 Å². The van der Waals surface area contributed by atoms with Crippen molar-refractivity contribution in [2.45, 2.75) is 26.3 Å². The average molecular weight is 284 g/mol. The molecule has 0 aliphatic rings. The van der Waals surface area contributed by atoms with Crippen molar-refractivity contribution in [1.29, 1.82) is 0 Å². The van der Waals surface area contributed by atoms with E-state index in [1.807, 2.05) is 18.2 Å². The molecular weight excluding hydrogens is 260 g/mol. The zero-order valence-electron chi connectivity index (χ0n) is 12.9. The number of ether oxygens (including phenoxy) is 1. The fourth-order valence-electron chi connectivity index (χ4n) is 2.38. The van der Waals surface area contributed by atoms with Crippen LogP contribution in [0, 0.1) is 0 Å². The highest BCUT2D eigenvalue weighted by Gasteiger charge is 2.10.